The lowest BCUT2D eigenvalue weighted by Crippen LogP contribution is -2.42. The third kappa shape index (κ3) is 7.76. The van der Waals surface area contributed by atoms with Gasteiger partial charge in [-0.05, 0) is 60.3 Å². The number of carbonyl (C=O) groups is 2. The Hall–Kier alpha value is -4.10. The van der Waals surface area contributed by atoms with E-state index in [1.807, 2.05) is 0 Å². The lowest BCUT2D eigenvalue weighted by Gasteiger charge is -2.19. The van der Waals surface area contributed by atoms with Crippen molar-refractivity contribution in [1.82, 2.24) is 10.3 Å². The molecule has 0 aliphatic carbocycles. The lowest BCUT2D eigenvalue weighted by atomic mass is 10.0. The standard InChI is InChI=1S/C28H26F4N2O6S/c1-15(41)12-21(34-27(37)17-5-8-22(40-11-10-35)24(14-17)39-3)26(36)20-7-9-23(38-2)25(33-20)16-4-6-19(29)18(13-16)28(30,31)32/h4-9,13-14,21,35H,10-12H2,1-3H3,(H,34,37)/t21-/m1/s1. The molecule has 0 bridgehead atoms. The van der Waals surface area contributed by atoms with E-state index >= 15 is 0 Å². The summed E-state index contributed by atoms with van der Waals surface area (Å²) < 4.78 is 69.7. The number of nitrogens with zero attached hydrogens (tertiary/aromatic N) is 1. The average Bonchev–Trinajstić information content (AvgIpc) is 2.94. The van der Waals surface area contributed by atoms with Crippen LogP contribution < -0.4 is 19.5 Å². The van der Waals surface area contributed by atoms with Crippen molar-refractivity contribution < 1.29 is 46.5 Å². The van der Waals surface area contributed by atoms with Gasteiger partial charge in [-0.2, -0.15) is 13.2 Å². The van der Waals surface area contributed by atoms with E-state index in [-0.39, 0.29) is 53.6 Å². The molecule has 1 amide bonds. The molecule has 41 heavy (non-hydrogen) atoms. The summed E-state index contributed by atoms with van der Waals surface area (Å²) in [5.41, 5.74) is -1.82. The van der Waals surface area contributed by atoms with Gasteiger partial charge in [-0.1, -0.05) is 12.2 Å². The lowest BCUT2D eigenvalue weighted by molar-refractivity contribution is -0.139. The molecule has 0 spiro atoms. The number of pyridine rings is 1. The number of hydrogen-bond acceptors (Lipinski definition) is 8. The molecule has 0 unspecified atom stereocenters. The van der Waals surface area contributed by atoms with Gasteiger partial charge in [-0.25, -0.2) is 9.37 Å². The first-order chi connectivity index (χ1) is 19.4. The molecule has 3 aromatic rings. The maximum Gasteiger partial charge on any atom is 0.419 e. The van der Waals surface area contributed by atoms with Crippen LogP contribution in [0.25, 0.3) is 11.3 Å². The molecular weight excluding hydrogens is 568 g/mol. The zero-order valence-electron chi connectivity index (χ0n) is 22.2. The Morgan fingerprint density at radius 3 is 2.32 bits per heavy atom. The molecule has 1 aromatic heterocycles. The number of nitrogens with one attached hydrogen (secondary N) is 1. The molecule has 8 nitrogen and oxygen atoms in total. The molecule has 2 N–H and O–H groups in total. The molecule has 0 aliphatic rings. The van der Waals surface area contributed by atoms with E-state index in [4.69, 9.17) is 31.5 Å². The van der Waals surface area contributed by atoms with Crippen LogP contribution >= 0.6 is 12.2 Å². The molecule has 0 aliphatic heterocycles. The minimum absolute atomic E-state index is 0.0126. The first kappa shape index (κ1) is 31.4. The topological polar surface area (TPSA) is 107 Å². The Morgan fingerprint density at radius 1 is 1.02 bits per heavy atom. The molecule has 0 fully saturated rings. The molecular formula is C28H26F4N2O6S. The van der Waals surface area contributed by atoms with Gasteiger partial charge in [-0.3, -0.25) is 9.59 Å². The average molecular weight is 595 g/mol. The van der Waals surface area contributed by atoms with E-state index in [1.165, 1.54) is 44.6 Å². The van der Waals surface area contributed by atoms with Crippen molar-refractivity contribution in [1.29, 1.82) is 0 Å². The molecule has 0 saturated carbocycles. The Kier molecular flexibility index (Phi) is 10.4. The predicted molar refractivity (Wildman–Crippen MR) is 145 cm³/mol. The number of halogens is 4. The number of ketones is 1. The largest absolute Gasteiger partial charge is 0.494 e. The van der Waals surface area contributed by atoms with Gasteiger partial charge < -0.3 is 24.6 Å². The number of carbonyl (C=O) groups excluding carboxylic acids is 2. The quantitative estimate of drug-likeness (QED) is 0.170. The molecule has 1 heterocycles. The normalized spacial score (nSPS) is 11.9. The first-order valence-electron chi connectivity index (χ1n) is 12.1. The number of aromatic nitrogens is 1. The number of aliphatic hydroxyl groups excluding tert-OH is 1. The highest BCUT2D eigenvalue weighted by molar-refractivity contribution is 7.80. The predicted octanol–water partition coefficient (Wildman–Crippen LogP) is 5.06. The highest BCUT2D eigenvalue weighted by Crippen LogP contribution is 2.36. The molecule has 218 valence electrons. The van der Waals surface area contributed by atoms with Crippen LogP contribution in [0.3, 0.4) is 0 Å². The van der Waals surface area contributed by atoms with Crippen LogP contribution in [-0.2, 0) is 6.18 Å². The molecule has 13 heteroatoms. The van der Waals surface area contributed by atoms with Crippen molar-refractivity contribution in [3.8, 4) is 28.5 Å². The first-order valence-corrected chi connectivity index (χ1v) is 12.5. The second-order valence-corrected chi connectivity index (χ2v) is 9.37. The van der Waals surface area contributed by atoms with Crippen molar-refractivity contribution in [2.75, 3.05) is 27.4 Å². The third-order valence-corrected chi connectivity index (χ3v) is 5.93. The van der Waals surface area contributed by atoms with Crippen LogP contribution in [-0.4, -0.2) is 60.1 Å². The molecule has 0 radical (unpaired) electrons. The number of amides is 1. The van der Waals surface area contributed by atoms with Crippen LogP contribution in [0.15, 0.2) is 48.5 Å². The number of benzene rings is 2. The summed E-state index contributed by atoms with van der Waals surface area (Å²) in [7, 11) is 2.64. The summed E-state index contributed by atoms with van der Waals surface area (Å²) in [6.07, 6.45) is -4.99. The second kappa shape index (κ2) is 13.5. The van der Waals surface area contributed by atoms with Crippen molar-refractivity contribution in [3.05, 3.63) is 71.2 Å². The van der Waals surface area contributed by atoms with Crippen LogP contribution in [0.1, 0.15) is 39.8 Å². The summed E-state index contributed by atoms with van der Waals surface area (Å²) in [5, 5.41) is 11.6. The minimum atomic E-state index is -4.96. The third-order valence-electron chi connectivity index (χ3n) is 5.76. The van der Waals surface area contributed by atoms with Gasteiger partial charge in [0.15, 0.2) is 11.5 Å². The van der Waals surface area contributed by atoms with E-state index in [9.17, 15) is 27.2 Å². The van der Waals surface area contributed by atoms with Gasteiger partial charge in [0.2, 0.25) is 5.78 Å². The number of aliphatic hydroxyl groups is 1. The van der Waals surface area contributed by atoms with Gasteiger partial charge in [0.1, 0.15) is 29.6 Å². The summed E-state index contributed by atoms with van der Waals surface area (Å²) in [4.78, 5) is 31.2. The van der Waals surface area contributed by atoms with Crippen molar-refractivity contribution in [2.24, 2.45) is 0 Å². The second-order valence-electron chi connectivity index (χ2n) is 8.67. The highest BCUT2D eigenvalue weighted by Gasteiger charge is 2.35. The maximum atomic E-state index is 13.9. The smallest absolute Gasteiger partial charge is 0.419 e. The summed E-state index contributed by atoms with van der Waals surface area (Å²) >= 11 is 5.17. The van der Waals surface area contributed by atoms with E-state index < -0.39 is 35.3 Å². The van der Waals surface area contributed by atoms with Crippen LogP contribution in [0.2, 0.25) is 0 Å². The Morgan fingerprint density at radius 2 is 1.71 bits per heavy atom. The number of methoxy groups -OCH3 is 2. The number of alkyl halides is 3. The van der Waals surface area contributed by atoms with Crippen LogP contribution in [0.4, 0.5) is 17.6 Å². The van der Waals surface area contributed by atoms with Gasteiger partial charge >= 0.3 is 6.18 Å². The fourth-order valence-electron chi connectivity index (χ4n) is 3.85. The number of thiocarbonyl (C=S) groups is 1. The van der Waals surface area contributed by atoms with Gasteiger partial charge in [0.05, 0.1) is 32.4 Å². The molecule has 0 saturated heterocycles. The Labute approximate surface area is 238 Å². The van der Waals surface area contributed by atoms with Gasteiger partial charge in [-0.15, -0.1) is 0 Å². The van der Waals surface area contributed by atoms with E-state index in [0.29, 0.717) is 22.7 Å². The summed E-state index contributed by atoms with van der Waals surface area (Å²) in [5.74, 6) is -2.21. The van der Waals surface area contributed by atoms with Gasteiger partial charge in [0.25, 0.3) is 5.91 Å². The van der Waals surface area contributed by atoms with Crippen LogP contribution in [0, 0.1) is 5.82 Å². The molecule has 1 atom stereocenters. The Balaban J connectivity index is 1.96. The number of Topliss-reactive ketones (excluding diaryl/α,β-unsaturated/α-hetero) is 1. The van der Waals surface area contributed by atoms with Crippen molar-refractivity contribution in [2.45, 2.75) is 25.6 Å². The van der Waals surface area contributed by atoms with E-state index in [0.717, 1.165) is 6.07 Å². The fourth-order valence-corrected chi connectivity index (χ4v) is 4.01. The highest BCUT2D eigenvalue weighted by atomic mass is 32.1. The molecule has 2 aromatic carbocycles. The maximum absolute atomic E-state index is 13.9. The number of ether oxygens (including phenoxy) is 3. The van der Waals surface area contributed by atoms with E-state index in [1.54, 1.807) is 6.92 Å². The summed E-state index contributed by atoms with van der Waals surface area (Å²) in [6.45, 7) is 1.37. The molecule has 3 rings (SSSR count). The van der Waals surface area contributed by atoms with Crippen LogP contribution in [0.5, 0.6) is 17.2 Å². The SMILES string of the molecule is COc1cc(C(=O)N[C@H](CC(C)=S)C(=O)c2ccc(OC)c(-c3ccc(F)c(C(F)(F)F)c3)n2)ccc1OCCO. The van der Waals surface area contributed by atoms with Crippen molar-refractivity contribution >= 4 is 28.8 Å². The fraction of sp³-hybridized carbons (Fsp3) is 0.286. The Bertz CT molecular complexity index is 1450. The zero-order valence-corrected chi connectivity index (χ0v) is 23.0. The monoisotopic (exact) mass is 594 g/mol. The summed E-state index contributed by atoms with van der Waals surface area (Å²) in [6, 6.07) is 8.08. The number of hydrogen-bond donors (Lipinski definition) is 2. The minimum Gasteiger partial charge on any atom is -0.494 e. The van der Waals surface area contributed by atoms with E-state index in [2.05, 4.69) is 10.3 Å². The zero-order chi connectivity index (χ0) is 30.3. The van der Waals surface area contributed by atoms with Crippen molar-refractivity contribution in [3.63, 3.8) is 0 Å². The number of rotatable bonds is 12. The van der Waals surface area contributed by atoms with Gasteiger partial charge in [0, 0.05) is 17.5 Å².